The van der Waals surface area contributed by atoms with Crippen LogP contribution in [0.15, 0.2) is 53.1 Å². The Morgan fingerprint density at radius 3 is 2.71 bits per heavy atom. The minimum absolute atomic E-state index is 0.107. The molecular weight excluding hydrogens is 300 g/mol. The summed E-state index contributed by atoms with van der Waals surface area (Å²) in [6.07, 6.45) is 3.66. The fourth-order valence-electron chi connectivity index (χ4n) is 3.00. The molecule has 0 amide bonds. The fraction of sp³-hybridized carbons (Fsp3) is 0.0526. The van der Waals surface area contributed by atoms with Gasteiger partial charge in [0, 0.05) is 5.56 Å². The molecular formula is C19H16N4O. The predicted octanol–water partition coefficient (Wildman–Crippen LogP) is 4.10. The van der Waals surface area contributed by atoms with Crippen LogP contribution in [0.25, 0.3) is 33.5 Å². The summed E-state index contributed by atoms with van der Waals surface area (Å²) in [6.45, 7) is 2.06. The number of hydrogen-bond donors (Lipinski definition) is 2. The van der Waals surface area contributed by atoms with Crippen LogP contribution in [-0.2, 0) is 0 Å². The summed E-state index contributed by atoms with van der Waals surface area (Å²) in [5.74, 6) is 0.430. The van der Waals surface area contributed by atoms with E-state index in [4.69, 9.17) is 15.9 Å². The summed E-state index contributed by atoms with van der Waals surface area (Å²) in [7, 11) is 0. The zero-order valence-electron chi connectivity index (χ0n) is 13.2. The molecule has 2 heterocycles. The van der Waals surface area contributed by atoms with Gasteiger partial charge in [-0.3, -0.25) is 0 Å². The number of aromatic nitrogens is 2. The maximum Gasteiger partial charge on any atom is 0.233 e. The van der Waals surface area contributed by atoms with E-state index < -0.39 is 0 Å². The number of nitrogens with zero attached hydrogens (tertiary/aromatic N) is 2. The average Bonchev–Trinajstić information content (AvgIpc) is 2.97. The number of nitrogen functional groups attached to an aromatic ring is 2. The van der Waals surface area contributed by atoms with Crippen LogP contribution in [0.1, 0.15) is 18.1 Å². The number of allylic oxidation sites excluding steroid dienone is 1. The van der Waals surface area contributed by atoms with Gasteiger partial charge < -0.3 is 15.9 Å². The number of anilines is 2. The number of rotatable bonds is 2. The van der Waals surface area contributed by atoms with Crippen molar-refractivity contribution in [2.75, 3.05) is 11.5 Å². The van der Waals surface area contributed by atoms with Crippen LogP contribution in [0.3, 0.4) is 0 Å². The molecule has 4 N–H and O–H groups in total. The van der Waals surface area contributed by atoms with E-state index in [2.05, 4.69) is 47.2 Å². The average molecular weight is 316 g/mol. The van der Waals surface area contributed by atoms with Gasteiger partial charge in [-0.05, 0) is 34.9 Å². The zero-order valence-corrected chi connectivity index (χ0v) is 13.2. The van der Waals surface area contributed by atoms with E-state index in [-0.39, 0.29) is 5.95 Å². The summed E-state index contributed by atoms with van der Waals surface area (Å²) in [4.78, 5) is 8.10. The molecule has 0 atom stereocenters. The molecule has 0 unspecified atom stereocenters. The molecule has 24 heavy (non-hydrogen) atoms. The largest absolute Gasteiger partial charge is 0.445 e. The van der Waals surface area contributed by atoms with E-state index in [1.54, 1.807) is 6.26 Å². The van der Waals surface area contributed by atoms with Gasteiger partial charge in [0.1, 0.15) is 12.1 Å². The molecule has 0 spiro atoms. The lowest BCUT2D eigenvalue weighted by molar-refractivity contribution is 0.602. The molecule has 0 fully saturated rings. The lowest BCUT2D eigenvalue weighted by Crippen LogP contribution is -1.99. The molecule has 0 aliphatic rings. The first-order valence-electron chi connectivity index (χ1n) is 7.60. The molecule has 5 nitrogen and oxygen atoms in total. The Morgan fingerprint density at radius 1 is 1.04 bits per heavy atom. The van der Waals surface area contributed by atoms with Crippen molar-refractivity contribution in [2.24, 2.45) is 0 Å². The molecule has 0 radical (unpaired) electrons. The third-order valence-corrected chi connectivity index (χ3v) is 4.09. The lowest BCUT2D eigenvalue weighted by Gasteiger charge is -2.07. The van der Waals surface area contributed by atoms with E-state index in [1.165, 1.54) is 10.8 Å². The van der Waals surface area contributed by atoms with Crippen molar-refractivity contribution in [3.8, 4) is 0 Å². The first-order chi connectivity index (χ1) is 11.6. The minimum atomic E-state index is 0.107. The van der Waals surface area contributed by atoms with Crippen LogP contribution >= 0.6 is 0 Å². The summed E-state index contributed by atoms with van der Waals surface area (Å²) in [6, 6.07) is 14.6. The standard InChI is InChI=1S/C19H16N4O/c1-11(14-8-4-6-12-5-2-3-7-15(12)14)9-13-10-24-18-16(13)17(20)22-19(21)23-18/h2-10H,1H3,(H4,20,21,22,23). The van der Waals surface area contributed by atoms with E-state index in [0.29, 0.717) is 16.9 Å². The Morgan fingerprint density at radius 2 is 1.83 bits per heavy atom. The molecule has 0 aliphatic heterocycles. The smallest absolute Gasteiger partial charge is 0.233 e. The third-order valence-electron chi connectivity index (χ3n) is 4.09. The van der Waals surface area contributed by atoms with Crippen LogP contribution in [0, 0.1) is 0 Å². The van der Waals surface area contributed by atoms with Gasteiger partial charge in [-0.15, -0.1) is 0 Å². The summed E-state index contributed by atoms with van der Waals surface area (Å²) in [5, 5.41) is 3.09. The van der Waals surface area contributed by atoms with Crippen molar-refractivity contribution in [2.45, 2.75) is 6.92 Å². The van der Waals surface area contributed by atoms with Crippen LogP contribution in [-0.4, -0.2) is 9.97 Å². The van der Waals surface area contributed by atoms with Crippen molar-refractivity contribution < 1.29 is 4.42 Å². The van der Waals surface area contributed by atoms with Crippen molar-refractivity contribution in [3.05, 3.63) is 59.9 Å². The Balaban J connectivity index is 1.89. The maximum absolute atomic E-state index is 5.99. The molecule has 4 rings (SSSR count). The molecule has 118 valence electrons. The molecule has 5 heteroatoms. The van der Waals surface area contributed by atoms with Gasteiger partial charge >= 0.3 is 0 Å². The number of nitrogens with two attached hydrogens (primary N) is 2. The highest BCUT2D eigenvalue weighted by Gasteiger charge is 2.12. The molecule has 0 aliphatic carbocycles. The van der Waals surface area contributed by atoms with Gasteiger partial charge in [0.25, 0.3) is 0 Å². The second-order valence-electron chi connectivity index (χ2n) is 5.69. The van der Waals surface area contributed by atoms with Gasteiger partial charge in [0.2, 0.25) is 11.7 Å². The Hall–Kier alpha value is -3.34. The minimum Gasteiger partial charge on any atom is -0.445 e. The molecule has 0 saturated carbocycles. The topological polar surface area (TPSA) is 91.0 Å². The number of fused-ring (bicyclic) bond motifs is 2. The van der Waals surface area contributed by atoms with Gasteiger partial charge in [-0.25, -0.2) is 0 Å². The van der Waals surface area contributed by atoms with Crippen LogP contribution in [0.5, 0.6) is 0 Å². The zero-order chi connectivity index (χ0) is 16.7. The van der Waals surface area contributed by atoms with Crippen molar-refractivity contribution in [3.63, 3.8) is 0 Å². The Kier molecular flexibility index (Phi) is 3.20. The monoisotopic (exact) mass is 316 g/mol. The first kappa shape index (κ1) is 14.3. The lowest BCUT2D eigenvalue weighted by atomic mass is 9.98. The Bertz CT molecular complexity index is 1090. The second-order valence-corrected chi connectivity index (χ2v) is 5.69. The summed E-state index contributed by atoms with van der Waals surface area (Å²) >= 11 is 0. The first-order valence-corrected chi connectivity index (χ1v) is 7.60. The highest BCUT2D eigenvalue weighted by molar-refractivity contribution is 6.01. The second kappa shape index (κ2) is 5.38. The predicted molar refractivity (Wildman–Crippen MR) is 98.1 cm³/mol. The fourth-order valence-corrected chi connectivity index (χ4v) is 3.00. The van der Waals surface area contributed by atoms with Crippen molar-refractivity contribution >= 4 is 45.3 Å². The summed E-state index contributed by atoms with van der Waals surface area (Å²) < 4.78 is 5.48. The van der Waals surface area contributed by atoms with Gasteiger partial charge in [0.15, 0.2) is 0 Å². The Labute approximate surface area is 138 Å². The van der Waals surface area contributed by atoms with Crippen LogP contribution < -0.4 is 11.5 Å². The van der Waals surface area contributed by atoms with E-state index in [0.717, 1.165) is 16.7 Å². The number of hydrogen-bond acceptors (Lipinski definition) is 5. The molecule has 2 aromatic heterocycles. The highest BCUT2D eigenvalue weighted by atomic mass is 16.3. The highest BCUT2D eigenvalue weighted by Crippen LogP contribution is 2.31. The third kappa shape index (κ3) is 2.27. The van der Waals surface area contributed by atoms with Crippen LogP contribution in [0.4, 0.5) is 11.8 Å². The molecule has 0 bridgehead atoms. The van der Waals surface area contributed by atoms with E-state index in [9.17, 15) is 0 Å². The summed E-state index contributed by atoms with van der Waals surface area (Å²) in [5.41, 5.74) is 15.1. The van der Waals surface area contributed by atoms with Gasteiger partial charge in [0.05, 0.1) is 5.39 Å². The maximum atomic E-state index is 5.99. The number of benzene rings is 2. The van der Waals surface area contributed by atoms with Crippen LogP contribution in [0.2, 0.25) is 0 Å². The number of furan rings is 1. The molecule has 0 saturated heterocycles. The van der Waals surface area contributed by atoms with Gasteiger partial charge in [-0.1, -0.05) is 42.5 Å². The van der Waals surface area contributed by atoms with Crippen molar-refractivity contribution in [1.82, 2.24) is 9.97 Å². The SMILES string of the molecule is CC(=Cc1coc2nc(N)nc(N)c12)c1cccc2ccccc12. The van der Waals surface area contributed by atoms with Crippen molar-refractivity contribution in [1.29, 1.82) is 0 Å². The normalized spacial score (nSPS) is 12.1. The van der Waals surface area contributed by atoms with E-state index in [1.807, 2.05) is 18.2 Å². The molecule has 2 aromatic carbocycles. The quantitative estimate of drug-likeness (QED) is 0.581. The molecule has 4 aromatic rings. The van der Waals surface area contributed by atoms with Gasteiger partial charge in [-0.2, -0.15) is 9.97 Å². The van der Waals surface area contributed by atoms with E-state index >= 15 is 0 Å².